The number of carbonyl (C=O) groups excluding carboxylic acids is 2. The largest absolute Gasteiger partial charge is 0.368 e. The van der Waals surface area contributed by atoms with E-state index in [1.807, 2.05) is 21.9 Å². The summed E-state index contributed by atoms with van der Waals surface area (Å²) in [6.45, 7) is 8.63. The van der Waals surface area contributed by atoms with E-state index in [0.717, 1.165) is 37.4 Å². The first-order valence-electron chi connectivity index (χ1n) is 12.4. The molecule has 2 aliphatic rings. The molecule has 2 aromatic heterocycles. The first-order chi connectivity index (χ1) is 17.0. The van der Waals surface area contributed by atoms with E-state index in [9.17, 15) is 9.59 Å². The van der Waals surface area contributed by atoms with Gasteiger partial charge in [0.15, 0.2) is 0 Å². The third-order valence-electron chi connectivity index (χ3n) is 7.21. The second-order valence-corrected chi connectivity index (χ2v) is 9.57. The monoisotopic (exact) mass is 472 g/mol. The molecule has 3 aromatic rings. The number of rotatable bonds is 4. The lowest BCUT2D eigenvalue weighted by Crippen LogP contribution is -2.52. The molecule has 2 saturated heterocycles. The highest BCUT2D eigenvalue weighted by Crippen LogP contribution is 2.26. The van der Waals surface area contributed by atoms with Crippen LogP contribution in [0.15, 0.2) is 48.8 Å². The molecule has 0 unspecified atom stereocenters. The number of carbonyl (C=O) groups is 2. The molecule has 8 heteroatoms. The number of aromatic amines is 1. The van der Waals surface area contributed by atoms with E-state index in [-0.39, 0.29) is 17.7 Å². The molecular weight excluding hydrogens is 440 g/mol. The molecule has 1 aromatic carbocycles. The molecule has 0 aliphatic carbocycles. The van der Waals surface area contributed by atoms with Crippen LogP contribution >= 0.6 is 0 Å². The van der Waals surface area contributed by atoms with Crippen LogP contribution < -0.4 is 4.90 Å². The number of aromatic nitrogens is 3. The number of benzene rings is 1. The Kier molecular flexibility index (Phi) is 6.53. The average molecular weight is 473 g/mol. The predicted molar refractivity (Wildman–Crippen MR) is 135 cm³/mol. The van der Waals surface area contributed by atoms with Crippen molar-refractivity contribution in [3.8, 4) is 11.3 Å². The van der Waals surface area contributed by atoms with E-state index in [2.05, 4.69) is 52.1 Å². The van der Waals surface area contributed by atoms with Crippen molar-refractivity contribution in [2.45, 2.75) is 26.7 Å². The van der Waals surface area contributed by atoms with Gasteiger partial charge in [-0.15, -0.1) is 0 Å². The Hall–Kier alpha value is -3.68. The Morgan fingerprint density at radius 2 is 1.60 bits per heavy atom. The van der Waals surface area contributed by atoms with Crippen molar-refractivity contribution in [2.24, 2.45) is 5.92 Å². The predicted octanol–water partition coefficient (Wildman–Crippen LogP) is 3.29. The molecular formula is C27H32N6O2. The van der Waals surface area contributed by atoms with Crippen molar-refractivity contribution in [1.82, 2.24) is 25.0 Å². The molecule has 0 radical (unpaired) electrons. The Morgan fingerprint density at radius 3 is 2.31 bits per heavy atom. The topological polar surface area (TPSA) is 85.4 Å². The summed E-state index contributed by atoms with van der Waals surface area (Å²) in [5.41, 5.74) is 5.92. The van der Waals surface area contributed by atoms with Crippen molar-refractivity contribution in [1.29, 1.82) is 0 Å². The Bertz CT molecular complexity index is 1190. The molecule has 0 atom stereocenters. The van der Waals surface area contributed by atoms with Crippen molar-refractivity contribution < 1.29 is 9.59 Å². The van der Waals surface area contributed by atoms with Gasteiger partial charge in [0.25, 0.3) is 5.91 Å². The molecule has 2 aliphatic heterocycles. The van der Waals surface area contributed by atoms with E-state index in [1.165, 1.54) is 16.8 Å². The van der Waals surface area contributed by atoms with E-state index in [4.69, 9.17) is 0 Å². The maximum absolute atomic E-state index is 13.2. The summed E-state index contributed by atoms with van der Waals surface area (Å²) in [5.74, 6) is 0.158. The number of anilines is 1. The quantitative estimate of drug-likeness (QED) is 0.630. The second kappa shape index (κ2) is 9.90. The van der Waals surface area contributed by atoms with Crippen molar-refractivity contribution >= 4 is 17.5 Å². The fourth-order valence-electron chi connectivity index (χ4n) is 5.09. The molecule has 182 valence electrons. The SMILES string of the molecule is Cc1ccc(C)c(N2CCN(C(=O)C3CCN(C(=O)c4cc(-c5ccncc5)n[nH]4)CC3)CC2)c1. The smallest absolute Gasteiger partial charge is 0.271 e. The minimum absolute atomic E-state index is 0.0135. The summed E-state index contributed by atoms with van der Waals surface area (Å²) < 4.78 is 0. The van der Waals surface area contributed by atoms with Crippen LogP contribution in [0.25, 0.3) is 11.3 Å². The first-order valence-corrected chi connectivity index (χ1v) is 12.4. The molecule has 0 bridgehead atoms. The Labute approximate surface area is 205 Å². The number of piperazine rings is 1. The highest BCUT2D eigenvalue weighted by molar-refractivity contribution is 5.93. The Balaban J connectivity index is 1.13. The van der Waals surface area contributed by atoms with Crippen LogP contribution in [0.1, 0.15) is 34.5 Å². The molecule has 5 rings (SSSR count). The minimum atomic E-state index is -0.0640. The van der Waals surface area contributed by atoms with Gasteiger partial charge in [-0.3, -0.25) is 19.7 Å². The van der Waals surface area contributed by atoms with Crippen LogP contribution in [0.2, 0.25) is 0 Å². The number of amides is 2. The molecule has 35 heavy (non-hydrogen) atoms. The van der Waals surface area contributed by atoms with Gasteiger partial charge in [-0.25, -0.2) is 0 Å². The summed E-state index contributed by atoms with van der Waals surface area (Å²) in [7, 11) is 0. The van der Waals surface area contributed by atoms with Crippen LogP contribution in [0.3, 0.4) is 0 Å². The molecule has 4 heterocycles. The van der Waals surface area contributed by atoms with Crippen LogP contribution in [-0.2, 0) is 4.79 Å². The van der Waals surface area contributed by atoms with Crippen LogP contribution in [-0.4, -0.2) is 76.1 Å². The maximum atomic E-state index is 13.2. The van der Waals surface area contributed by atoms with E-state index in [0.29, 0.717) is 31.6 Å². The molecule has 2 fully saturated rings. The molecule has 2 amide bonds. The van der Waals surface area contributed by atoms with Gasteiger partial charge in [-0.2, -0.15) is 5.10 Å². The summed E-state index contributed by atoms with van der Waals surface area (Å²) >= 11 is 0. The lowest BCUT2D eigenvalue weighted by Gasteiger charge is -2.39. The first kappa shape index (κ1) is 23.1. The normalized spacial score (nSPS) is 17.0. The zero-order valence-corrected chi connectivity index (χ0v) is 20.4. The lowest BCUT2D eigenvalue weighted by atomic mass is 9.94. The molecule has 0 spiro atoms. The molecule has 1 N–H and O–H groups in total. The lowest BCUT2D eigenvalue weighted by molar-refractivity contribution is -0.137. The number of piperidine rings is 1. The number of hydrogen-bond donors (Lipinski definition) is 1. The van der Waals surface area contributed by atoms with Gasteiger partial charge < -0.3 is 14.7 Å². The van der Waals surface area contributed by atoms with Gasteiger partial charge in [0, 0.05) is 68.8 Å². The van der Waals surface area contributed by atoms with Gasteiger partial charge in [-0.1, -0.05) is 12.1 Å². The number of hydrogen-bond acceptors (Lipinski definition) is 5. The number of nitrogens with zero attached hydrogens (tertiary/aromatic N) is 5. The zero-order chi connectivity index (χ0) is 24.4. The standard InChI is InChI=1S/C27H32N6O2/c1-19-3-4-20(2)25(17-19)31-13-15-33(16-14-31)26(34)22-7-11-32(12-8-22)27(35)24-18-23(29-30-24)21-5-9-28-10-6-21/h3-6,9-10,17-18,22H,7-8,11-16H2,1-2H3,(H,29,30). The third kappa shape index (κ3) is 4.92. The zero-order valence-electron chi connectivity index (χ0n) is 20.4. The van der Waals surface area contributed by atoms with E-state index in [1.54, 1.807) is 18.5 Å². The average Bonchev–Trinajstić information content (AvgIpc) is 3.40. The fourth-order valence-corrected chi connectivity index (χ4v) is 5.09. The van der Waals surface area contributed by atoms with Gasteiger partial charge in [0.05, 0.1) is 5.69 Å². The summed E-state index contributed by atoms with van der Waals surface area (Å²) in [6.07, 6.45) is 4.81. The third-order valence-corrected chi connectivity index (χ3v) is 7.21. The Morgan fingerprint density at radius 1 is 0.886 bits per heavy atom. The van der Waals surface area contributed by atoms with Gasteiger partial charge in [0.1, 0.15) is 5.69 Å². The summed E-state index contributed by atoms with van der Waals surface area (Å²) in [5, 5.41) is 7.15. The van der Waals surface area contributed by atoms with Crippen LogP contribution in [0, 0.1) is 19.8 Å². The van der Waals surface area contributed by atoms with Crippen molar-refractivity contribution in [3.63, 3.8) is 0 Å². The number of pyridine rings is 1. The number of H-pyrrole nitrogens is 1. The van der Waals surface area contributed by atoms with Gasteiger partial charge in [-0.05, 0) is 62.1 Å². The maximum Gasteiger partial charge on any atom is 0.271 e. The second-order valence-electron chi connectivity index (χ2n) is 9.57. The summed E-state index contributed by atoms with van der Waals surface area (Å²) in [6, 6.07) is 12.1. The van der Waals surface area contributed by atoms with Gasteiger partial charge >= 0.3 is 0 Å². The fraction of sp³-hybridized carbons (Fsp3) is 0.407. The van der Waals surface area contributed by atoms with Gasteiger partial charge in [0.2, 0.25) is 5.91 Å². The molecule has 0 saturated carbocycles. The van der Waals surface area contributed by atoms with Crippen LogP contribution in [0.4, 0.5) is 5.69 Å². The molecule has 8 nitrogen and oxygen atoms in total. The van der Waals surface area contributed by atoms with Crippen LogP contribution in [0.5, 0.6) is 0 Å². The van der Waals surface area contributed by atoms with Crippen molar-refractivity contribution in [3.05, 3.63) is 65.6 Å². The number of nitrogens with one attached hydrogen (secondary N) is 1. The van der Waals surface area contributed by atoms with E-state index < -0.39 is 0 Å². The van der Waals surface area contributed by atoms with E-state index >= 15 is 0 Å². The highest BCUT2D eigenvalue weighted by Gasteiger charge is 2.32. The highest BCUT2D eigenvalue weighted by atomic mass is 16.2. The minimum Gasteiger partial charge on any atom is -0.368 e. The summed E-state index contributed by atoms with van der Waals surface area (Å²) in [4.78, 5) is 36.4. The number of likely N-dealkylation sites (tertiary alicyclic amines) is 1. The van der Waals surface area contributed by atoms with Crippen molar-refractivity contribution in [2.75, 3.05) is 44.2 Å². The number of aryl methyl sites for hydroxylation is 2.